The number of hydrogen-bond donors (Lipinski definition) is 2. The van der Waals surface area contributed by atoms with Crippen LogP contribution in [0.5, 0.6) is 5.75 Å². The number of carboxylic acid groups (broad SMARTS) is 1. The van der Waals surface area contributed by atoms with Gasteiger partial charge in [0, 0.05) is 28.8 Å². The number of ether oxygens (including phenoxy) is 2. The first-order valence-corrected chi connectivity index (χ1v) is 21.8. The Labute approximate surface area is 339 Å². The van der Waals surface area contributed by atoms with E-state index in [0.29, 0.717) is 59.3 Å². The minimum Gasteiger partial charge on any atom is -0.496 e. The number of rotatable bonds is 9. The van der Waals surface area contributed by atoms with Gasteiger partial charge >= 0.3 is 11.9 Å². The van der Waals surface area contributed by atoms with Crippen molar-refractivity contribution in [2.45, 2.75) is 139 Å². The van der Waals surface area contributed by atoms with Crippen LogP contribution in [-0.4, -0.2) is 48.5 Å². The number of allylic oxidation sites excluding steroid dienone is 2. The number of hydrogen-bond acceptors (Lipinski definition) is 6. The summed E-state index contributed by atoms with van der Waals surface area (Å²) >= 11 is 6.17. The lowest BCUT2D eigenvalue weighted by atomic mass is 9.33. The summed E-state index contributed by atoms with van der Waals surface area (Å²) < 4.78 is 11.9. The van der Waals surface area contributed by atoms with Gasteiger partial charge in [0.2, 0.25) is 0 Å². The van der Waals surface area contributed by atoms with E-state index in [1.165, 1.54) is 12.7 Å². The Morgan fingerprint density at radius 3 is 2.25 bits per heavy atom. The van der Waals surface area contributed by atoms with Crippen LogP contribution in [0.3, 0.4) is 0 Å². The minimum absolute atomic E-state index is 0.0252. The molecule has 8 nitrogen and oxygen atoms in total. The van der Waals surface area contributed by atoms with E-state index < -0.39 is 17.3 Å². The molecule has 56 heavy (non-hydrogen) atoms. The van der Waals surface area contributed by atoms with Crippen LogP contribution in [0.15, 0.2) is 29.3 Å². The number of benzene rings is 1. The van der Waals surface area contributed by atoms with Gasteiger partial charge in [-0.2, -0.15) is 0 Å². The van der Waals surface area contributed by atoms with Crippen molar-refractivity contribution in [3.8, 4) is 5.75 Å². The molecule has 1 aromatic carbocycles. The van der Waals surface area contributed by atoms with Crippen LogP contribution >= 0.6 is 11.6 Å². The fraction of sp³-hybridized carbons (Fsp3) is 0.745. The highest BCUT2D eigenvalue weighted by Gasteiger charge is 2.70. The van der Waals surface area contributed by atoms with E-state index in [1.807, 2.05) is 13.8 Å². The maximum Gasteiger partial charge on any atom is 0.309 e. The predicted molar refractivity (Wildman–Crippen MR) is 217 cm³/mol. The van der Waals surface area contributed by atoms with Gasteiger partial charge in [0.05, 0.1) is 24.5 Å². The molecular formula is C47H66ClNO7. The normalized spacial score (nSPS) is 39.4. The van der Waals surface area contributed by atoms with Crippen molar-refractivity contribution in [3.05, 3.63) is 39.9 Å². The van der Waals surface area contributed by atoms with Crippen LogP contribution in [0.4, 0.5) is 0 Å². The van der Waals surface area contributed by atoms with Crippen LogP contribution < -0.4 is 10.1 Å². The SMILES string of the molecule is COc1cc(Cl)ccc1C(=O)NCC[C@@]12CC[C@]3(C)[C@H](CC[C@@H]4[C@@]5(C)CC[C@H](OC(=O)[C@H]6C[C@@H](C(=O)O)C6(C)C)C(C)(C)[C@@H]5CC[C@]43C)C1=C(C(C)C)C(=O)C2. The molecule has 1 amide bonds. The minimum atomic E-state index is -0.832. The average molecular weight is 792 g/mol. The van der Waals surface area contributed by atoms with Gasteiger partial charge in [-0.3, -0.25) is 19.2 Å². The largest absolute Gasteiger partial charge is 0.496 e. The second kappa shape index (κ2) is 13.9. The maximum absolute atomic E-state index is 14.1. The molecule has 0 spiro atoms. The molecule has 9 heteroatoms. The highest BCUT2D eigenvalue weighted by molar-refractivity contribution is 6.30. The topological polar surface area (TPSA) is 119 Å². The number of halogens is 1. The molecule has 7 rings (SSSR count). The molecule has 308 valence electrons. The zero-order valence-corrected chi connectivity index (χ0v) is 36.3. The van der Waals surface area contributed by atoms with E-state index in [0.717, 1.165) is 63.4 Å². The second-order valence-electron chi connectivity index (χ2n) is 21.1. The summed E-state index contributed by atoms with van der Waals surface area (Å²) in [6, 6.07) is 5.06. The number of aliphatic carboxylic acids is 1. The van der Waals surface area contributed by atoms with Crippen molar-refractivity contribution in [1.29, 1.82) is 0 Å². The molecule has 0 saturated heterocycles. The molecule has 0 aromatic heterocycles. The van der Waals surface area contributed by atoms with Crippen LogP contribution in [0.1, 0.15) is 143 Å². The fourth-order valence-corrected chi connectivity index (χ4v) is 14.7. The third-order valence-electron chi connectivity index (χ3n) is 17.9. The van der Waals surface area contributed by atoms with E-state index in [4.69, 9.17) is 21.1 Å². The number of nitrogens with one attached hydrogen (secondary N) is 1. The van der Waals surface area contributed by atoms with E-state index in [2.05, 4.69) is 53.8 Å². The number of fused-ring (bicyclic) bond motifs is 7. The highest BCUT2D eigenvalue weighted by Crippen LogP contribution is 2.77. The lowest BCUT2D eigenvalue weighted by molar-refractivity contribution is -0.236. The van der Waals surface area contributed by atoms with Gasteiger partial charge in [-0.1, -0.05) is 79.5 Å². The summed E-state index contributed by atoms with van der Waals surface area (Å²) in [5.41, 5.74) is 2.04. The lowest BCUT2D eigenvalue weighted by Crippen LogP contribution is -2.66. The third-order valence-corrected chi connectivity index (χ3v) is 18.2. The molecule has 5 saturated carbocycles. The monoisotopic (exact) mass is 791 g/mol. The van der Waals surface area contributed by atoms with Crippen molar-refractivity contribution >= 4 is 35.2 Å². The first-order chi connectivity index (χ1) is 26.1. The predicted octanol–water partition coefficient (Wildman–Crippen LogP) is 10.1. The van der Waals surface area contributed by atoms with E-state index in [9.17, 15) is 24.3 Å². The zero-order chi connectivity index (χ0) is 41.0. The van der Waals surface area contributed by atoms with Crippen LogP contribution in [0, 0.1) is 68.0 Å². The summed E-state index contributed by atoms with van der Waals surface area (Å²) in [6.45, 7) is 20.9. The van der Waals surface area contributed by atoms with Crippen molar-refractivity contribution < 1.29 is 33.8 Å². The summed E-state index contributed by atoms with van der Waals surface area (Å²) in [5.74, 6) is -0.0388. The Balaban J connectivity index is 1.11. The van der Waals surface area contributed by atoms with Crippen LogP contribution in [0.25, 0.3) is 0 Å². The number of carbonyl (C=O) groups excluding carboxylic acids is 3. The van der Waals surface area contributed by atoms with Crippen molar-refractivity contribution in [2.24, 2.45) is 68.0 Å². The van der Waals surface area contributed by atoms with E-state index >= 15 is 0 Å². The third kappa shape index (κ3) is 5.94. The first kappa shape index (κ1) is 41.3. The Morgan fingerprint density at radius 2 is 1.61 bits per heavy atom. The summed E-state index contributed by atoms with van der Waals surface area (Å²) in [5, 5.41) is 13.3. The number of carboxylic acids is 1. The smallest absolute Gasteiger partial charge is 0.309 e. The molecule has 0 bridgehead atoms. The molecular weight excluding hydrogens is 726 g/mol. The maximum atomic E-state index is 14.1. The van der Waals surface area contributed by atoms with Gasteiger partial charge in [-0.05, 0) is 133 Å². The number of carbonyl (C=O) groups is 4. The van der Waals surface area contributed by atoms with Crippen molar-refractivity contribution in [3.63, 3.8) is 0 Å². The van der Waals surface area contributed by atoms with Gasteiger partial charge in [0.15, 0.2) is 5.78 Å². The molecule has 5 fully saturated rings. The molecule has 0 heterocycles. The quantitative estimate of drug-likeness (QED) is 0.239. The molecule has 0 unspecified atom stereocenters. The Morgan fingerprint density at radius 1 is 0.893 bits per heavy atom. The number of Topliss-reactive ketones (excluding diaryl/α,β-unsaturated/α-hetero) is 1. The molecule has 6 aliphatic carbocycles. The lowest BCUT2D eigenvalue weighted by Gasteiger charge is -2.72. The molecule has 0 radical (unpaired) electrons. The van der Waals surface area contributed by atoms with Crippen molar-refractivity contribution in [2.75, 3.05) is 13.7 Å². The fourth-order valence-electron chi connectivity index (χ4n) is 14.6. The summed E-state index contributed by atoms with van der Waals surface area (Å²) in [7, 11) is 1.54. The van der Waals surface area contributed by atoms with Gasteiger partial charge in [-0.25, -0.2) is 0 Å². The van der Waals surface area contributed by atoms with Gasteiger partial charge in [0.1, 0.15) is 11.9 Å². The number of amides is 1. The standard InChI is InChI=1S/C47H66ClNO7/c1-26(2)37-32(50)25-47(21-22-49-39(51)28-12-11-27(48)23-33(28)55-10)20-19-45(8)29(38(37)47)13-14-35-44(7)17-16-36(43(5,6)34(44)15-18-46(35,45)9)56-41(54)31-24-30(40(52)53)42(31,3)4/h11-12,23,26,29-31,34-36H,13-22,24-25H2,1-10H3,(H,49,51)(H,52,53)/t29-,30+,31-,34+,35-,36+,44+,45-,46-,47-/m1/s1. The van der Waals surface area contributed by atoms with Gasteiger partial charge in [0.25, 0.3) is 5.91 Å². The summed E-state index contributed by atoms with van der Waals surface area (Å²) in [4.78, 5) is 52.9. The van der Waals surface area contributed by atoms with E-state index in [-0.39, 0.29) is 56.9 Å². The first-order valence-electron chi connectivity index (χ1n) is 21.4. The highest BCUT2D eigenvalue weighted by atomic mass is 35.5. The second-order valence-corrected chi connectivity index (χ2v) is 21.5. The van der Waals surface area contributed by atoms with E-state index in [1.54, 1.807) is 18.2 Å². The van der Waals surface area contributed by atoms with Gasteiger partial charge in [-0.15, -0.1) is 0 Å². The average Bonchev–Trinajstić information content (AvgIpc) is 3.41. The van der Waals surface area contributed by atoms with Crippen LogP contribution in [-0.2, 0) is 19.1 Å². The Hall–Kier alpha value is -2.87. The Bertz CT molecular complexity index is 1850. The molecule has 10 atom stereocenters. The Kier molecular flexibility index (Phi) is 10.2. The number of esters is 1. The zero-order valence-electron chi connectivity index (χ0n) is 35.5. The molecule has 6 aliphatic rings. The summed E-state index contributed by atoms with van der Waals surface area (Å²) in [6.07, 6.45) is 9.63. The van der Waals surface area contributed by atoms with Gasteiger partial charge < -0.3 is 19.9 Å². The number of ketones is 1. The molecule has 1 aromatic rings. The molecule has 0 aliphatic heterocycles. The van der Waals surface area contributed by atoms with Crippen molar-refractivity contribution in [1.82, 2.24) is 5.32 Å². The molecule has 2 N–H and O–H groups in total. The number of methoxy groups -OCH3 is 1. The van der Waals surface area contributed by atoms with Crippen LogP contribution in [0.2, 0.25) is 5.02 Å².